The number of hydrogen-bond donors (Lipinski definition) is 1. The molecule has 2 atom stereocenters. The molecule has 0 bridgehead atoms. The highest BCUT2D eigenvalue weighted by molar-refractivity contribution is 6.00. The van der Waals surface area contributed by atoms with E-state index in [0.717, 1.165) is 29.5 Å². The van der Waals surface area contributed by atoms with Gasteiger partial charge >= 0.3 is 6.09 Å². The zero-order valence-corrected chi connectivity index (χ0v) is 14.1. The fourth-order valence-corrected chi connectivity index (χ4v) is 3.60. The van der Waals surface area contributed by atoms with Crippen LogP contribution >= 0.6 is 0 Å². The van der Waals surface area contributed by atoms with Crippen molar-refractivity contribution in [3.63, 3.8) is 0 Å². The molecule has 1 N–H and O–H groups in total. The Morgan fingerprint density at radius 1 is 1.23 bits per heavy atom. The van der Waals surface area contributed by atoms with Gasteiger partial charge in [-0.05, 0) is 66.8 Å². The lowest BCUT2D eigenvalue weighted by atomic mass is 9.95. The quantitative estimate of drug-likeness (QED) is 0.919. The van der Waals surface area contributed by atoms with Crippen molar-refractivity contribution in [3.8, 4) is 17.6 Å². The maximum Gasteiger partial charge on any atom is 0.414 e. The molecule has 1 aliphatic carbocycles. The normalized spacial score (nSPS) is 20.9. The molecule has 1 aliphatic heterocycles. The Balaban J connectivity index is 1.56. The highest BCUT2D eigenvalue weighted by Crippen LogP contribution is 2.40. The van der Waals surface area contributed by atoms with E-state index in [1.165, 1.54) is 0 Å². The van der Waals surface area contributed by atoms with Crippen molar-refractivity contribution in [1.29, 1.82) is 5.26 Å². The van der Waals surface area contributed by atoms with Gasteiger partial charge < -0.3 is 9.47 Å². The molecule has 4 rings (SSSR count). The van der Waals surface area contributed by atoms with Gasteiger partial charge in [0.2, 0.25) is 0 Å². The monoisotopic (exact) mass is 348 g/mol. The summed E-state index contributed by atoms with van der Waals surface area (Å²) in [6, 6.07) is 13.1. The summed E-state index contributed by atoms with van der Waals surface area (Å²) >= 11 is 0. The van der Waals surface area contributed by atoms with E-state index in [1.807, 2.05) is 25.1 Å². The summed E-state index contributed by atoms with van der Waals surface area (Å²) in [5.74, 6) is 0.899. The smallest absolute Gasteiger partial charge is 0.414 e. The summed E-state index contributed by atoms with van der Waals surface area (Å²) in [6.07, 6.45) is 0.117. The predicted molar refractivity (Wildman–Crippen MR) is 91.9 cm³/mol. The van der Waals surface area contributed by atoms with Crippen molar-refractivity contribution < 1.29 is 19.1 Å². The number of carbonyl (C=O) groups excluding carboxylic acids is 2. The molecule has 2 aromatic carbocycles. The number of amides is 2. The van der Waals surface area contributed by atoms with Crippen molar-refractivity contribution in [2.24, 2.45) is 0 Å². The molecule has 1 heterocycles. The van der Waals surface area contributed by atoms with E-state index in [0.29, 0.717) is 17.1 Å². The number of nitrogens with zero attached hydrogens (tertiary/aromatic N) is 1. The number of rotatable bonds is 3. The first-order valence-corrected chi connectivity index (χ1v) is 8.38. The molecule has 26 heavy (non-hydrogen) atoms. The third-order valence-electron chi connectivity index (χ3n) is 4.85. The topological polar surface area (TPSA) is 88.4 Å². The standard InChI is InChI=1S/C20H16N2O4/c1-11-8-12(10-21)2-7-17(11)25-14-4-6-15-13(9-14)3-5-16(15)18-19(23)22-20(24)26-18/h2,4,6-9,16,18H,3,5H2,1H3,(H,22,23,24)/t16-,18?/m1/s1. The van der Waals surface area contributed by atoms with Crippen LogP contribution in [-0.4, -0.2) is 18.1 Å². The molecule has 1 unspecified atom stereocenters. The number of benzene rings is 2. The lowest BCUT2D eigenvalue weighted by Gasteiger charge is -2.16. The van der Waals surface area contributed by atoms with E-state index < -0.39 is 12.2 Å². The summed E-state index contributed by atoms with van der Waals surface area (Å²) in [4.78, 5) is 23.1. The minimum absolute atomic E-state index is 0.123. The molecule has 0 aromatic heterocycles. The van der Waals surface area contributed by atoms with E-state index in [4.69, 9.17) is 14.7 Å². The second-order valence-corrected chi connectivity index (χ2v) is 6.52. The van der Waals surface area contributed by atoms with E-state index in [2.05, 4.69) is 11.4 Å². The molecule has 6 heteroatoms. The molecule has 2 amide bonds. The average molecular weight is 348 g/mol. The van der Waals surface area contributed by atoms with Gasteiger partial charge in [0.1, 0.15) is 11.5 Å². The summed E-state index contributed by atoms with van der Waals surface area (Å²) in [5.41, 5.74) is 3.59. The fourth-order valence-electron chi connectivity index (χ4n) is 3.60. The molecule has 1 fully saturated rings. The van der Waals surface area contributed by atoms with Gasteiger partial charge in [-0.1, -0.05) is 6.07 Å². The van der Waals surface area contributed by atoms with Crippen LogP contribution in [0.15, 0.2) is 36.4 Å². The molecule has 130 valence electrons. The van der Waals surface area contributed by atoms with Gasteiger partial charge in [0.05, 0.1) is 11.6 Å². The first kappa shape index (κ1) is 16.2. The summed E-state index contributed by atoms with van der Waals surface area (Å²) in [5, 5.41) is 11.1. The van der Waals surface area contributed by atoms with Crippen LogP contribution in [0.25, 0.3) is 0 Å². The van der Waals surface area contributed by atoms with Crippen LogP contribution in [0.4, 0.5) is 4.79 Å². The number of aryl methyl sites for hydroxylation is 2. The molecule has 1 saturated heterocycles. The van der Waals surface area contributed by atoms with Gasteiger partial charge in [0.25, 0.3) is 5.91 Å². The molecule has 6 nitrogen and oxygen atoms in total. The molecule has 0 spiro atoms. The Hall–Kier alpha value is -3.33. The molecular formula is C20H16N2O4. The summed E-state index contributed by atoms with van der Waals surface area (Å²) < 4.78 is 11.1. The molecular weight excluding hydrogens is 332 g/mol. The lowest BCUT2D eigenvalue weighted by molar-refractivity contribution is -0.124. The first-order chi connectivity index (χ1) is 12.5. The van der Waals surface area contributed by atoms with Gasteiger partial charge in [-0.2, -0.15) is 5.26 Å². The van der Waals surface area contributed by atoms with Crippen LogP contribution in [0.3, 0.4) is 0 Å². The van der Waals surface area contributed by atoms with E-state index >= 15 is 0 Å². The van der Waals surface area contributed by atoms with Crippen molar-refractivity contribution in [2.75, 3.05) is 0 Å². The number of fused-ring (bicyclic) bond motifs is 1. The van der Waals surface area contributed by atoms with Gasteiger partial charge in [-0.15, -0.1) is 0 Å². The molecule has 2 aliphatic rings. The van der Waals surface area contributed by atoms with Gasteiger partial charge in [-0.25, -0.2) is 4.79 Å². The largest absolute Gasteiger partial charge is 0.457 e. The number of nitriles is 1. The summed E-state index contributed by atoms with van der Waals surface area (Å²) in [7, 11) is 0. The maximum absolute atomic E-state index is 11.9. The third kappa shape index (κ3) is 2.78. The number of ether oxygens (including phenoxy) is 2. The molecule has 0 radical (unpaired) electrons. The van der Waals surface area contributed by atoms with Crippen LogP contribution in [0, 0.1) is 18.3 Å². The second kappa shape index (κ2) is 6.19. The van der Waals surface area contributed by atoms with Crippen LogP contribution < -0.4 is 10.1 Å². The summed E-state index contributed by atoms with van der Waals surface area (Å²) in [6.45, 7) is 1.90. The Kier molecular flexibility index (Phi) is 3.85. The highest BCUT2D eigenvalue weighted by atomic mass is 16.6. The van der Waals surface area contributed by atoms with Crippen LogP contribution in [0.1, 0.15) is 34.6 Å². The van der Waals surface area contributed by atoms with Gasteiger partial charge in [0, 0.05) is 5.92 Å². The van der Waals surface area contributed by atoms with Crippen LogP contribution in [0.2, 0.25) is 0 Å². The second-order valence-electron chi connectivity index (χ2n) is 6.52. The zero-order valence-electron chi connectivity index (χ0n) is 14.1. The average Bonchev–Trinajstić information content (AvgIpc) is 3.18. The van der Waals surface area contributed by atoms with Crippen LogP contribution in [0.5, 0.6) is 11.5 Å². The van der Waals surface area contributed by atoms with E-state index in [-0.39, 0.29) is 11.8 Å². The number of imide groups is 1. The Labute approximate surface area is 150 Å². The Bertz CT molecular complexity index is 961. The maximum atomic E-state index is 11.9. The zero-order chi connectivity index (χ0) is 18.3. The predicted octanol–water partition coefficient (Wildman–Crippen LogP) is 3.32. The van der Waals surface area contributed by atoms with Crippen LogP contribution in [-0.2, 0) is 16.0 Å². The van der Waals surface area contributed by atoms with Crippen molar-refractivity contribution >= 4 is 12.0 Å². The third-order valence-corrected chi connectivity index (χ3v) is 4.85. The van der Waals surface area contributed by atoms with Gasteiger partial charge in [-0.3, -0.25) is 10.1 Å². The van der Waals surface area contributed by atoms with Gasteiger partial charge in [0.15, 0.2) is 6.10 Å². The molecule has 2 aromatic rings. The number of alkyl carbamates (subject to hydrolysis) is 1. The minimum atomic E-state index is -0.753. The number of cyclic esters (lactones) is 1. The number of hydrogen-bond acceptors (Lipinski definition) is 5. The molecule has 0 saturated carbocycles. The van der Waals surface area contributed by atoms with E-state index in [9.17, 15) is 9.59 Å². The van der Waals surface area contributed by atoms with E-state index in [1.54, 1.807) is 18.2 Å². The SMILES string of the molecule is Cc1cc(C#N)ccc1Oc1ccc2c(c1)CC[C@H]2C1OC(=O)NC1=O. The van der Waals surface area contributed by atoms with Crippen molar-refractivity contribution in [2.45, 2.75) is 31.8 Å². The highest BCUT2D eigenvalue weighted by Gasteiger charge is 2.42. The number of nitrogens with one attached hydrogen (secondary N) is 1. The Morgan fingerprint density at radius 3 is 2.77 bits per heavy atom. The minimum Gasteiger partial charge on any atom is -0.457 e. The Morgan fingerprint density at radius 2 is 2.08 bits per heavy atom. The fraction of sp³-hybridized carbons (Fsp3) is 0.250. The first-order valence-electron chi connectivity index (χ1n) is 8.38. The lowest BCUT2D eigenvalue weighted by Crippen LogP contribution is -2.28. The van der Waals surface area contributed by atoms with Crippen molar-refractivity contribution in [3.05, 3.63) is 58.7 Å². The number of carbonyl (C=O) groups is 2. The van der Waals surface area contributed by atoms with Crippen molar-refractivity contribution in [1.82, 2.24) is 5.32 Å².